The fourth-order valence-corrected chi connectivity index (χ4v) is 4.23. The molecule has 2 rings (SSSR count). The van der Waals surface area contributed by atoms with Crippen LogP contribution in [0.2, 0.25) is 0 Å². The minimum Gasteiger partial charge on any atom is -0.339 e. The van der Waals surface area contributed by atoms with E-state index in [0.717, 1.165) is 13.1 Å². The highest BCUT2D eigenvalue weighted by Crippen LogP contribution is 2.19. The van der Waals surface area contributed by atoms with Crippen LogP contribution in [0.5, 0.6) is 0 Å². The summed E-state index contributed by atoms with van der Waals surface area (Å²) in [6, 6.07) is 2.21. The zero-order valence-corrected chi connectivity index (χ0v) is 11.7. The van der Waals surface area contributed by atoms with E-state index in [4.69, 9.17) is 5.26 Å². The van der Waals surface area contributed by atoms with Crippen LogP contribution in [-0.2, 0) is 14.6 Å². The van der Waals surface area contributed by atoms with Gasteiger partial charge >= 0.3 is 0 Å². The van der Waals surface area contributed by atoms with E-state index in [9.17, 15) is 13.2 Å². The third kappa shape index (κ3) is 3.67. The number of nitriles is 1. The number of hydrogen-bond acceptors (Lipinski definition) is 5. The van der Waals surface area contributed by atoms with Crippen molar-refractivity contribution in [3.05, 3.63) is 0 Å². The lowest BCUT2D eigenvalue weighted by atomic mass is 10.1. The average molecular weight is 285 g/mol. The van der Waals surface area contributed by atoms with Gasteiger partial charge in [-0.2, -0.15) is 5.26 Å². The van der Waals surface area contributed by atoms with Crippen LogP contribution < -0.4 is 0 Å². The summed E-state index contributed by atoms with van der Waals surface area (Å²) in [5, 5.41) is 8.51. The molecule has 0 radical (unpaired) electrons. The lowest BCUT2D eigenvalue weighted by Crippen LogP contribution is -2.53. The minimum atomic E-state index is -2.81. The van der Waals surface area contributed by atoms with E-state index in [1.807, 2.05) is 6.07 Å². The van der Waals surface area contributed by atoms with E-state index in [2.05, 4.69) is 4.90 Å². The van der Waals surface area contributed by atoms with Crippen molar-refractivity contribution in [3.8, 4) is 6.07 Å². The van der Waals surface area contributed by atoms with E-state index in [-0.39, 0.29) is 23.8 Å². The minimum absolute atomic E-state index is 0.0539. The molecule has 2 aliphatic rings. The molecule has 19 heavy (non-hydrogen) atoms. The molecule has 106 valence electrons. The van der Waals surface area contributed by atoms with Gasteiger partial charge in [-0.1, -0.05) is 0 Å². The van der Waals surface area contributed by atoms with Crippen molar-refractivity contribution in [1.29, 1.82) is 5.26 Å². The fourth-order valence-electron chi connectivity index (χ4n) is 2.76. The molecular weight excluding hydrogens is 266 g/mol. The molecule has 1 amide bonds. The topological polar surface area (TPSA) is 81.5 Å². The van der Waals surface area contributed by atoms with Crippen LogP contribution in [0.4, 0.5) is 0 Å². The summed E-state index contributed by atoms with van der Waals surface area (Å²) < 4.78 is 22.8. The van der Waals surface area contributed by atoms with Crippen molar-refractivity contribution in [1.82, 2.24) is 9.80 Å². The Morgan fingerprint density at radius 1 is 1.16 bits per heavy atom. The largest absolute Gasteiger partial charge is 0.339 e. The molecule has 0 unspecified atom stereocenters. The third-order valence-corrected chi connectivity index (χ3v) is 5.65. The summed E-state index contributed by atoms with van der Waals surface area (Å²) in [7, 11) is -2.81. The molecular formula is C12H19N3O3S. The van der Waals surface area contributed by atoms with Crippen LogP contribution in [0.1, 0.15) is 19.3 Å². The Kier molecular flexibility index (Phi) is 4.42. The zero-order valence-electron chi connectivity index (χ0n) is 10.9. The average Bonchev–Trinajstić information content (AvgIpc) is 2.39. The Morgan fingerprint density at radius 2 is 1.74 bits per heavy atom. The Labute approximate surface area is 113 Å². The van der Waals surface area contributed by atoms with Crippen molar-refractivity contribution >= 4 is 15.7 Å². The highest BCUT2D eigenvalue weighted by molar-refractivity contribution is 7.91. The number of hydrogen-bond donors (Lipinski definition) is 0. The van der Waals surface area contributed by atoms with Crippen molar-refractivity contribution < 1.29 is 13.2 Å². The van der Waals surface area contributed by atoms with Gasteiger partial charge in [0.1, 0.15) is 16.3 Å². The highest BCUT2D eigenvalue weighted by atomic mass is 32.2. The number of sulfone groups is 1. The second kappa shape index (κ2) is 5.88. The molecule has 6 nitrogen and oxygen atoms in total. The van der Waals surface area contributed by atoms with Crippen LogP contribution in [0.15, 0.2) is 0 Å². The summed E-state index contributed by atoms with van der Waals surface area (Å²) in [6.45, 7) is 2.84. The van der Waals surface area contributed by atoms with Gasteiger partial charge in [-0.05, 0) is 12.8 Å². The second-order valence-electron chi connectivity index (χ2n) is 5.13. The molecule has 0 N–H and O–H groups in total. The van der Waals surface area contributed by atoms with E-state index >= 15 is 0 Å². The normalized spacial score (nSPS) is 24.9. The van der Waals surface area contributed by atoms with Gasteiger partial charge in [0.25, 0.3) is 0 Å². The van der Waals surface area contributed by atoms with Crippen molar-refractivity contribution in [2.45, 2.75) is 25.3 Å². The first kappa shape index (κ1) is 14.3. The molecule has 0 aromatic heterocycles. The number of rotatable bonds is 2. The Morgan fingerprint density at radius 3 is 2.26 bits per heavy atom. The first-order valence-electron chi connectivity index (χ1n) is 6.61. The molecule has 0 atom stereocenters. The Bertz CT molecular complexity index is 461. The molecule has 0 aromatic rings. The summed E-state index contributed by atoms with van der Waals surface area (Å²) in [5.74, 6) is 0.463. The first-order chi connectivity index (χ1) is 9.02. The summed E-state index contributed by atoms with van der Waals surface area (Å²) in [6.07, 6.45) is 1.35. The van der Waals surface area contributed by atoms with E-state index in [0.29, 0.717) is 32.0 Å². The predicted molar refractivity (Wildman–Crippen MR) is 70.1 cm³/mol. The zero-order chi connectivity index (χ0) is 13.9. The van der Waals surface area contributed by atoms with Gasteiger partial charge in [-0.25, -0.2) is 8.42 Å². The molecule has 7 heteroatoms. The van der Waals surface area contributed by atoms with E-state index in [1.54, 1.807) is 4.90 Å². The molecule has 2 fully saturated rings. The van der Waals surface area contributed by atoms with Crippen LogP contribution in [0, 0.1) is 11.3 Å². The van der Waals surface area contributed by atoms with Gasteiger partial charge in [0.2, 0.25) is 5.91 Å². The SMILES string of the molecule is N#CCC(=O)N1CCN(C2CCS(=O)(=O)CC2)CC1. The van der Waals surface area contributed by atoms with Crippen molar-refractivity contribution in [3.63, 3.8) is 0 Å². The number of carbonyl (C=O) groups is 1. The molecule has 0 aromatic carbocycles. The quantitative estimate of drug-likeness (QED) is 0.691. The van der Waals surface area contributed by atoms with Gasteiger partial charge in [0, 0.05) is 32.2 Å². The van der Waals surface area contributed by atoms with Gasteiger partial charge in [-0.15, -0.1) is 0 Å². The summed E-state index contributed by atoms with van der Waals surface area (Å²) in [4.78, 5) is 15.6. The lowest BCUT2D eigenvalue weighted by Gasteiger charge is -2.40. The van der Waals surface area contributed by atoms with Gasteiger partial charge in [-0.3, -0.25) is 9.69 Å². The number of nitrogens with zero attached hydrogens (tertiary/aromatic N) is 3. The molecule has 0 bridgehead atoms. The van der Waals surface area contributed by atoms with Gasteiger partial charge in [0.05, 0.1) is 17.6 Å². The van der Waals surface area contributed by atoms with Crippen LogP contribution in [-0.4, -0.2) is 67.9 Å². The molecule has 2 heterocycles. The van der Waals surface area contributed by atoms with Gasteiger partial charge in [0.15, 0.2) is 0 Å². The smallest absolute Gasteiger partial charge is 0.236 e. The molecule has 0 saturated carbocycles. The van der Waals surface area contributed by atoms with Crippen molar-refractivity contribution in [2.75, 3.05) is 37.7 Å². The number of piperazine rings is 1. The standard InChI is InChI=1S/C12H19N3O3S/c13-4-1-12(16)15-7-5-14(6-8-15)11-2-9-19(17,18)10-3-11/h11H,1-3,5-10H2. The van der Waals surface area contributed by atoms with Crippen LogP contribution >= 0.6 is 0 Å². The molecule has 2 aliphatic heterocycles. The van der Waals surface area contributed by atoms with E-state index in [1.165, 1.54) is 0 Å². The van der Waals surface area contributed by atoms with Gasteiger partial charge < -0.3 is 4.90 Å². The monoisotopic (exact) mass is 285 g/mol. The van der Waals surface area contributed by atoms with E-state index < -0.39 is 9.84 Å². The van der Waals surface area contributed by atoms with Crippen molar-refractivity contribution in [2.24, 2.45) is 0 Å². The predicted octanol–water partition coefficient (Wildman–Crippen LogP) is -0.379. The maximum Gasteiger partial charge on any atom is 0.236 e. The maximum absolute atomic E-state index is 11.6. The molecule has 0 spiro atoms. The summed E-state index contributed by atoms with van der Waals surface area (Å²) >= 11 is 0. The summed E-state index contributed by atoms with van der Waals surface area (Å²) in [5.41, 5.74) is 0. The van der Waals surface area contributed by atoms with Crippen LogP contribution in [0.25, 0.3) is 0 Å². The number of carbonyl (C=O) groups excluding carboxylic acids is 1. The highest BCUT2D eigenvalue weighted by Gasteiger charge is 2.30. The number of amides is 1. The second-order valence-corrected chi connectivity index (χ2v) is 7.44. The van der Waals surface area contributed by atoms with Crippen LogP contribution in [0.3, 0.4) is 0 Å². The Balaban J connectivity index is 1.81. The lowest BCUT2D eigenvalue weighted by molar-refractivity contribution is -0.132. The maximum atomic E-state index is 11.6. The third-order valence-electron chi connectivity index (χ3n) is 3.94. The molecule has 2 saturated heterocycles. The fraction of sp³-hybridized carbons (Fsp3) is 0.833. The first-order valence-corrected chi connectivity index (χ1v) is 8.43. The molecule has 0 aliphatic carbocycles. The Hall–Kier alpha value is -1.13.